The number of ether oxygens (including phenoxy) is 1. The molecule has 0 spiro atoms. The number of aromatic nitrogens is 4. The number of benzene rings is 3. The van der Waals surface area contributed by atoms with Gasteiger partial charge < -0.3 is 9.84 Å². The van der Waals surface area contributed by atoms with Gasteiger partial charge in [-0.3, -0.25) is 18.9 Å². The Kier molecular flexibility index (Phi) is 10.9. The molecule has 0 bridgehead atoms. The van der Waals surface area contributed by atoms with Gasteiger partial charge in [0.15, 0.2) is 5.82 Å². The van der Waals surface area contributed by atoms with Crippen molar-refractivity contribution in [2.75, 3.05) is 6.61 Å². The van der Waals surface area contributed by atoms with E-state index >= 15 is 0 Å². The molecular formula is C32H33KN4O5. The summed E-state index contributed by atoms with van der Waals surface area (Å²) in [5.41, 5.74) is 5.66. The molecule has 5 aromatic rings. The van der Waals surface area contributed by atoms with Gasteiger partial charge in [-0.05, 0) is 61.2 Å². The first-order valence-electron chi connectivity index (χ1n) is 13.6. The Balaban J connectivity index is 0.00000405. The average molecular weight is 593 g/mol. The molecule has 1 atom stereocenters. The Morgan fingerprint density at radius 1 is 1.00 bits per heavy atom. The molecule has 0 amide bonds. The van der Waals surface area contributed by atoms with Crippen LogP contribution in [0.4, 0.5) is 0 Å². The van der Waals surface area contributed by atoms with E-state index in [1.165, 1.54) is 0 Å². The number of aromatic amines is 1. The van der Waals surface area contributed by atoms with Gasteiger partial charge in [-0.15, -0.1) is 0 Å². The fourth-order valence-corrected chi connectivity index (χ4v) is 4.88. The Bertz CT molecular complexity index is 1760. The summed E-state index contributed by atoms with van der Waals surface area (Å²) in [5, 5.41) is 13.1. The van der Waals surface area contributed by atoms with Gasteiger partial charge in [0.2, 0.25) is 0 Å². The van der Waals surface area contributed by atoms with Crippen LogP contribution in [0.1, 0.15) is 42.9 Å². The number of rotatable bonds is 10. The number of nitrogens with one attached hydrogen (secondary N) is 1. The third-order valence-corrected chi connectivity index (χ3v) is 6.87. The molecule has 5 rings (SSSR count). The van der Waals surface area contributed by atoms with Crippen molar-refractivity contribution < 1.29 is 14.4 Å². The van der Waals surface area contributed by atoms with E-state index in [2.05, 4.69) is 17.1 Å². The van der Waals surface area contributed by atoms with Crippen LogP contribution in [0.15, 0.2) is 86.9 Å². The molecule has 0 saturated heterocycles. The fourth-order valence-electron chi connectivity index (χ4n) is 4.88. The van der Waals surface area contributed by atoms with E-state index in [9.17, 15) is 14.7 Å². The summed E-state index contributed by atoms with van der Waals surface area (Å²) in [5.74, 6) is 1.00. The van der Waals surface area contributed by atoms with Crippen molar-refractivity contribution in [3.05, 3.63) is 116 Å². The quantitative estimate of drug-likeness (QED) is 0.233. The third kappa shape index (κ3) is 7.08. The number of hydrogen-bond acceptors (Lipinski definition) is 7. The summed E-state index contributed by atoms with van der Waals surface area (Å²) in [6.45, 7) is 5.63. The standard InChI is InChI=1S/C32H32N4O5.K.H/c1-4-7-29-28(31(38)36(21(3)33-29)24-14-16-25(17-15-24)40-20(2)19-37)18-22-10-12-23(13-11-22)26-8-5-6-9-27(26)30-34-32(39)41-35-30;;/h5-6,8-17,20,37H,4,7,18-19H2,1-3H3,(H,34,35,39);;. The number of nitrogens with zero attached hydrogens (tertiary/aromatic N) is 3. The van der Waals surface area contributed by atoms with Crippen LogP contribution < -0.4 is 16.1 Å². The number of hydrogen-bond donors (Lipinski definition) is 2. The molecule has 10 heteroatoms. The van der Waals surface area contributed by atoms with E-state index in [1.807, 2.05) is 67.6 Å². The first-order valence-corrected chi connectivity index (χ1v) is 13.6. The number of aliphatic hydroxyl groups excluding tert-OH is 1. The maximum atomic E-state index is 13.9. The van der Waals surface area contributed by atoms with Gasteiger partial charge >= 0.3 is 57.1 Å². The molecule has 1 unspecified atom stereocenters. The summed E-state index contributed by atoms with van der Waals surface area (Å²) >= 11 is 0. The zero-order chi connectivity index (χ0) is 28.9. The summed E-state index contributed by atoms with van der Waals surface area (Å²) < 4.78 is 12.0. The second kappa shape index (κ2) is 14.4. The Morgan fingerprint density at radius 2 is 1.69 bits per heavy atom. The second-order valence-corrected chi connectivity index (χ2v) is 9.94. The van der Waals surface area contributed by atoms with Crippen LogP contribution in [0.25, 0.3) is 28.2 Å². The van der Waals surface area contributed by atoms with Gasteiger partial charge in [0.05, 0.1) is 18.0 Å². The van der Waals surface area contributed by atoms with Crippen molar-refractivity contribution in [2.24, 2.45) is 0 Å². The first kappa shape index (κ1) is 31.8. The molecule has 0 radical (unpaired) electrons. The van der Waals surface area contributed by atoms with Crippen LogP contribution in [-0.2, 0) is 12.8 Å². The SMILES string of the molecule is CCCc1nc(C)n(-c2ccc(OC(C)CO)cc2)c(=O)c1Cc1ccc(-c2ccccc2-c2noc(=O)[nH]2)cc1.[KH]. The van der Waals surface area contributed by atoms with Crippen LogP contribution in [0.2, 0.25) is 0 Å². The topological polar surface area (TPSA) is 123 Å². The summed E-state index contributed by atoms with van der Waals surface area (Å²) in [6, 6.07) is 22.9. The molecule has 0 aliphatic heterocycles. The molecule has 2 heterocycles. The number of aliphatic hydroxyl groups is 1. The molecule has 0 saturated carbocycles. The molecule has 212 valence electrons. The Labute approximate surface area is 286 Å². The predicted octanol–water partition coefficient (Wildman–Crippen LogP) is 4.21. The van der Waals surface area contributed by atoms with Crippen molar-refractivity contribution in [1.82, 2.24) is 19.7 Å². The van der Waals surface area contributed by atoms with E-state index in [0.717, 1.165) is 34.4 Å². The average Bonchev–Trinajstić information content (AvgIpc) is 3.42. The summed E-state index contributed by atoms with van der Waals surface area (Å²) in [6.07, 6.45) is 1.70. The monoisotopic (exact) mass is 592 g/mol. The molecule has 0 aliphatic rings. The van der Waals surface area contributed by atoms with E-state index < -0.39 is 5.76 Å². The van der Waals surface area contributed by atoms with Crippen LogP contribution in [-0.4, -0.2) is 88.9 Å². The van der Waals surface area contributed by atoms with Crippen LogP contribution in [0.5, 0.6) is 5.75 Å². The van der Waals surface area contributed by atoms with Gasteiger partial charge in [-0.25, -0.2) is 9.78 Å². The molecule has 42 heavy (non-hydrogen) atoms. The van der Waals surface area contributed by atoms with Crippen molar-refractivity contribution in [3.63, 3.8) is 0 Å². The fraction of sp³-hybridized carbons (Fsp3) is 0.250. The Hall–Kier alpha value is -3.12. The van der Waals surface area contributed by atoms with Crippen LogP contribution in [0.3, 0.4) is 0 Å². The van der Waals surface area contributed by atoms with Crippen LogP contribution >= 0.6 is 0 Å². The van der Waals surface area contributed by atoms with Crippen molar-refractivity contribution >= 4 is 51.4 Å². The molecule has 9 nitrogen and oxygen atoms in total. The minimum absolute atomic E-state index is 0. The van der Waals surface area contributed by atoms with Gasteiger partial charge in [0.1, 0.15) is 17.7 Å². The minimum atomic E-state index is -0.606. The molecule has 2 aromatic heterocycles. The van der Waals surface area contributed by atoms with Gasteiger partial charge in [-0.2, -0.15) is 0 Å². The predicted molar refractivity (Wildman–Crippen MR) is 164 cm³/mol. The maximum absolute atomic E-state index is 13.9. The third-order valence-electron chi connectivity index (χ3n) is 6.87. The zero-order valence-electron chi connectivity index (χ0n) is 23.3. The van der Waals surface area contributed by atoms with Crippen molar-refractivity contribution in [2.45, 2.75) is 46.1 Å². The normalized spacial score (nSPS) is 11.6. The van der Waals surface area contributed by atoms with E-state index in [4.69, 9.17) is 14.2 Å². The number of H-pyrrole nitrogens is 1. The van der Waals surface area contributed by atoms with Crippen LogP contribution in [0, 0.1) is 6.92 Å². The van der Waals surface area contributed by atoms with Crippen molar-refractivity contribution in [1.29, 1.82) is 0 Å². The van der Waals surface area contributed by atoms with Crippen molar-refractivity contribution in [3.8, 4) is 34.0 Å². The molecule has 0 fully saturated rings. The number of aryl methyl sites for hydroxylation is 2. The molecule has 0 aliphatic carbocycles. The van der Waals surface area contributed by atoms with Gasteiger partial charge in [-0.1, -0.05) is 67.0 Å². The van der Waals surface area contributed by atoms with E-state index in [-0.39, 0.29) is 69.7 Å². The molecular weight excluding hydrogens is 559 g/mol. The van der Waals surface area contributed by atoms with Gasteiger partial charge in [0, 0.05) is 17.5 Å². The summed E-state index contributed by atoms with van der Waals surface area (Å²) in [7, 11) is 0. The van der Waals surface area contributed by atoms with E-state index in [0.29, 0.717) is 41.5 Å². The summed E-state index contributed by atoms with van der Waals surface area (Å²) in [4.78, 5) is 32.9. The Morgan fingerprint density at radius 3 is 2.31 bits per heavy atom. The van der Waals surface area contributed by atoms with E-state index in [1.54, 1.807) is 23.6 Å². The van der Waals surface area contributed by atoms with Gasteiger partial charge in [0.25, 0.3) is 5.56 Å². The first-order chi connectivity index (χ1) is 19.9. The molecule has 2 N–H and O–H groups in total. The molecule has 3 aromatic carbocycles. The zero-order valence-corrected chi connectivity index (χ0v) is 23.3. The second-order valence-electron chi connectivity index (χ2n) is 9.94.